The number of hydrogen-bond donors (Lipinski definition) is 0. The lowest BCUT2D eigenvalue weighted by atomic mass is 9.95. The van der Waals surface area contributed by atoms with E-state index >= 15 is 0 Å². The maximum Gasteiger partial charge on any atom is 0.162 e. The van der Waals surface area contributed by atoms with Gasteiger partial charge in [-0.2, -0.15) is 0 Å². The minimum atomic E-state index is -0.720. The second-order valence-electron chi connectivity index (χ2n) is 3.69. The summed E-state index contributed by atoms with van der Waals surface area (Å²) in [4.78, 5) is 0. The average molecular weight is 184 g/mol. The lowest BCUT2D eigenvalue weighted by molar-refractivity contribution is 0.494. The van der Waals surface area contributed by atoms with Gasteiger partial charge in [0.2, 0.25) is 0 Å². The van der Waals surface area contributed by atoms with Gasteiger partial charge < -0.3 is 0 Å². The normalized spacial score (nSPS) is 11.0. The summed E-state index contributed by atoms with van der Waals surface area (Å²) < 4.78 is 26.3. The Kier molecular flexibility index (Phi) is 2.69. The molecule has 0 spiro atoms. The van der Waals surface area contributed by atoms with Gasteiger partial charge in [-0.15, -0.1) is 0 Å². The van der Waals surface area contributed by atoms with Gasteiger partial charge in [0.05, 0.1) is 0 Å². The molecule has 0 fully saturated rings. The predicted octanol–water partition coefficient (Wildman–Crippen LogP) is 3.71. The van der Waals surface area contributed by atoms with Crippen molar-refractivity contribution < 1.29 is 8.78 Å². The molecule has 1 aromatic rings. The van der Waals surface area contributed by atoms with Gasteiger partial charge in [-0.25, -0.2) is 8.78 Å². The van der Waals surface area contributed by atoms with Gasteiger partial charge in [-0.05, 0) is 36.5 Å². The van der Waals surface area contributed by atoms with E-state index in [4.69, 9.17) is 0 Å². The van der Waals surface area contributed by atoms with Crippen LogP contribution in [0.1, 0.15) is 36.5 Å². The van der Waals surface area contributed by atoms with E-state index in [2.05, 4.69) is 0 Å². The number of benzene rings is 1. The fourth-order valence-corrected chi connectivity index (χ4v) is 1.47. The molecule has 72 valence electrons. The molecule has 0 bridgehead atoms. The Balaban J connectivity index is 3.41. The second kappa shape index (κ2) is 3.44. The smallest absolute Gasteiger partial charge is 0.162 e. The Bertz CT molecular complexity index is 327. The van der Waals surface area contributed by atoms with Crippen LogP contribution in [0.4, 0.5) is 8.78 Å². The first-order valence-corrected chi connectivity index (χ1v) is 4.40. The number of aryl methyl sites for hydroxylation is 1. The van der Waals surface area contributed by atoms with E-state index in [0.717, 1.165) is 5.56 Å². The molecule has 1 rings (SSSR count). The van der Waals surface area contributed by atoms with Crippen LogP contribution >= 0.6 is 0 Å². The Hall–Kier alpha value is -0.920. The Morgan fingerprint density at radius 1 is 1.08 bits per heavy atom. The highest BCUT2D eigenvalue weighted by molar-refractivity contribution is 5.35. The zero-order valence-corrected chi connectivity index (χ0v) is 8.41. The van der Waals surface area contributed by atoms with Gasteiger partial charge in [0.15, 0.2) is 11.6 Å². The Morgan fingerprint density at radius 2 is 1.62 bits per heavy atom. The molecule has 1 aromatic carbocycles. The molecule has 0 amide bonds. The zero-order chi connectivity index (χ0) is 10.2. The van der Waals surface area contributed by atoms with Gasteiger partial charge in [-0.3, -0.25) is 0 Å². The van der Waals surface area contributed by atoms with Gasteiger partial charge in [0.25, 0.3) is 0 Å². The third kappa shape index (κ3) is 1.71. The first kappa shape index (κ1) is 10.2. The van der Waals surface area contributed by atoms with Crippen LogP contribution in [0.5, 0.6) is 0 Å². The standard InChI is InChI=1S/C11H14F2/c1-6(2)9-5-7(3)10(12)11(13)8(9)4/h5-6H,1-4H3. The SMILES string of the molecule is Cc1cc(C(C)C)c(C)c(F)c1F. The van der Waals surface area contributed by atoms with Crippen molar-refractivity contribution in [2.45, 2.75) is 33.6 Å². The van der Waals surface area contributed by atoms with E-state index < -0.39 is 11.6 Å². The largest absolute Gasteiger partial charge is 0.203 e. The van der Waals surface area contributed by atoms with Crippen molar-refractivity contribution in [3.63, 3.8) is 0 Å². The molecule has 0 atom stereocenters. The molecule has 0 radical (unpaired) electrons. The van der Waals surface area contributed by atoms with Gasteiger partial charge >= 0.3 is 0 Å². The van der Waals surface area contributed by atoms with Crippen molar-refractivity contribution >= 4 is 0 Å². The molecule has 0 aliphatic heterocycles. The van der Waals surface area contributed by atoms with Crippen LogP contribution in [-0.2, 0) is 0 Å². The lowest BCUT2D eigenvalue weighted by Crippen LogP contribution is -2.00. The molecule has 0 unspecified atom stereocenters. The quantitative estimate of drug-likeness (QED) is 0.624. The van der Waals surface area contributed by atoms with E-state index in [1.807, 2.05) is 13.8 Å². The number of halogens is 2. The van der Waals surface area contributed by atoms with Crippen LogP contribution in [0.15, 0.2) is 6.07 Å². The van der Waals surface area contributed by atoms with Crippen LogP contribution in [-0.4, -0.2) is 0 Å². The second-order valence-corrected chi connectivity index (χ2v) is 3.69. The highest BCUT2D eigenvalue weighted by atomic mass is 19.2. The van der Waals surface area contributed by atoms with E-state index in [0.29, 0.717) is 11.1 Å². The average Bonchev–Trinajstić information content (AvgIpc) is 2.07. The van der Waals surface area contributed by atoms with Crippen LogP contribution in [0.3, 0.4) is 0 Å². The van der Waals surface area contributed by atoms with Crippen LogP contribution in [0.25, 0.3) is 0 Å². The summed E-state index contributed by atoms with van der Waals surface area (Å²) in [6, 6.07) is 1.72. The Morgan fingerprint density at radius 3 is 2.08 bits per heavy atom. The van der Waals surface area contributed by atoms with Crippen LogP contribution in [0, 0.1) is 25.5 Å². The maximum atomic E-state index is 13.2. The minimum Gasteiger partial charge on any atom is -0.203 e. The maximum absolute atomic E-state index is 13.2. The molecular weight excluding hydrogens is 170 g/mol. The van der Waals surface area contributed by atoms with Crippen LogP contribution < -0.4 is 0 Å². The Labute approximate surface area is 77.6 Å². The summed E-state index contributed by atoms with van der Waals surface area (Å²) in [7, 11) is 0. The third-order valence-electron chi connectivity index (χ3n) is 2.30. The van der Waals surface area contributed by atoms with Crippen molar-refractivity contribution in [1.82, 2.24) is 0 Å². The van der Waals surface area contributed by atoms with E-state index in [-0.39, 0.29) is 5.92 Å². The van der Waals surface area contributed by atoms with E-state index in [9.17, 15) is 8.78 Å². The molecule has 0 saturated carbocycles. The molecule has 0 nitrogen and oxygen atoms in total. The molecule has 2 heteroatoms. The summed E-state index contributed by atoms with van der Waals surface area (Å²) in [5.74, 6) is -1.19. The molecule has 0 aliphatic rings. The van der Waals surface area contributed by atoms with Crippen molar-refractivity contribution in [3.05, 3.63) is 34.4 Å². The summed E-state index contributed by atoms with van der Waals surface area (Å²) in [6.07, 6.45) is 0. The summed E-state index contributed by atoms with van der Waals surface area (Å²) in [5.41, 5.74) is 1.70. The molecule has 0 heterocycles. The molecule has 13 heavy (non-hydrogen) atoms. The molecular formula is C11H14F2. The molecule has 0 saturated heterocycles. The number of hydrogen-bond acceptors (Lipinski definition) is 0. The van der Waals surface area contributed by atoms with Crippen LogP contribution in [0.2, 0.25) is 0 Å². The zero-order valence-electron chi connectivity index (χ0n) is 8.41. The van der Waals surface area contributed by atoms with Crippen molar-refractivity contribution in [2.75, 3.05) is 0 Å². The van der Waals surface area contributed by atoms with Gasteiger partial charge in [-0.1, -0.05) is 19.9 Å². The highest BCUT2D eigenvalue weighted by Gasteiger charge is 2.14. The first-order valence-electron chi connectivity index (χ1n) is 4.40. The molecule has 0 aromatic heterocycles. The fourth-order valence-electron chi connectivity index (χ4n) is 1.47. The first-order chi connectivity index (χ1) is 5.95. The number of rotatable bonds is 1. The third-order valence-corrected chi connectivity index (χ3v) is 2.30. The van der Waals surface area contributed by atoms with Crippen molar-refractivity contribution in [3.8, 4) is 0 Å². The van der Waals surface area contributed by atoms with E-state index in [1.165, 1.54) is 0 Å². The summed E-state index contributed by atoms with van der Waals surface area (Å²) in [5, 5.41) is 0. The van der Waals surface area contributed by atoms with E-state index in [1.54, 1.807) is 19.9 Å². The van der Waals surface area contributed by atoms with Crippen molar-refractivity contribution in [2.24, 2.45) is 0 Å². The van der Waals surface area contributed by atoms with Gasteiger partial charge in [0, 0.05) is 0 Å². The predicted molar refractivity (Wildman–Crippen MR) is 49.9 cm³/mol. The minimum absolute atomic E-state index is 0.230. The summed E-state index contributed by atoms with van der Waals surface area (Å²) in [6.45, 7) is 7.15. The lowest BCUT2D eigenvalue weighted by Gasteiger charge is -2.12. The van der Waals surface area contributed by atoms with Crippen molar-refractivity contribution in [1.29, 1.82) is 0 Å². The monoisotopic (exact) mass is 184 g/mol. The highest BCUT2D eigenvalue weighted by Crippen LogP contribution is 2.25. The fraction of sp³-hybridized carbons (Fsp3) is 0.455. The molecule has 0 N–H and O–H groups in total. The topological polar surface area (TPSA) is 0 Å². The van der Waals surface area contributed by atoms with Gasteiger partial charge in [0.1, 0.15) is 0 Å². The molecule has 0 aliphatic carbocycles. The summed E-state index contributed by atoms with van der Waals surface area (Å²) >= 11 is 0.